The highest BCUT2D eigenvalue weighted by Crippen LogP contribution is 2.51. The summed E-state index contributed by atoms with van der Waals surface area (Å²) in [7, 11) is 0. The van der Waals surface area contributed by atoms with Gasteiger partial charge in [-0.2, -0.15) is 0 Å². The van der Waals surface area contributed by atoms with Crippen molar-refractivity contribution in [2.75, 3.05) is 6.54 Å². The van der Waals surface area contributed by atoms with Gasteiger partial charge < -0.3 is 10.2 Å². The third-order valence-electron chi connectivity index (χ3n) is 12.3. The van der Waals surface area contributed by atoms with E-state index in [1.807, 2.05) is 54.6 Å². The van der Waals surface area contributed by atoms with Crippen LogP contribution in [0.25, 0.3) is 66.6 Å². The van der Waals surface area contributed by atoms with E-state index in [0.717, 1.165) is 55.3 Å². The van der Waals surface area contributed by atoms with E-state index < -0.39 is 0 Å². The van der Waals surface area contributed by atoms with E-state index in [1.54, 1.807) is 0 Å². The Kier molecular flexibility index (Phi) is 10.3. The number of amidine groups is 2. The average molecular weight is 792 g/mol. The van der Waals surface area contributed by atoms with Crippen molar-refractivity contribution in [1.29, 1.82) is 0 Å². The minimum atomic E-state index is -0.122. The van der Waals surface area contributed by atoms with Gasteiger partial charge in [0.05, 0.1) is 6.54 Å². The second kappa shape index (κ2) is 16.0. The lowest BCUT2D eigenvalue weighted by molar-refractivity contribution is 0.659. The van der Waals surface area contributed by atoms with Crippen molar-refractivity contribution < 1.29 is 4.42 Å². The van der Waals surface area contributed by atoms with Crippen LogP contribution in [0.3, 0.4) is 0 Å². The van der Waals surface area contributed by atoms with Gasteiger partial charge in [0.25, 0.3) is 0 Å². The van der Waals surface area contributed by atoms with Crippen molar-refractivity contribution in [2.45, 2.75) is 40.0 Å². The van der Waals surface area contributed by atoms with Gasteiger partial charge in [-0.3, -0.25) is 4.99 Å². The zero-order valence-electron chi connectivity index (χ0n) is 35.5. The zero-order valence-corrected chi connectivity index (χ0v) is 35.5. The summed E-state index contributed by atoms with van der Waals surface area (Å²) in [6.07, 6.45) is 8.47. The summed E-state index contributed by atoms with van der Waals surface area (Å²) < 4.78 is 6.44. The van der Waals surface area contributed by atoms with Gasteiger partial charge in [-0.05, 0) is 117 Å². The largest absolute Gasteiger partial charge is 0.456 e. The van der Waals surface area contributed by atoms with Crippen molar-refractivity contribution in [2.24, 2.45) is 15.7 Å². The quantitative estimate of drug-likeness (QED) is 0.123. The van der Waals surface area contributed by atoms with Gasteiger partial charge in [-0.25, -0.2) is 4.99 Å². The molecule has 4 nitrogen and oxygen atoms in total. The highest BCUT2D eigenvalue weighted by Gasteiger charge is 2.38. The Morgan fingerprint density at radius 1 is 0.705 bits per heavy atom. The summed E-state index contributed by atoms with van der Waals surface area (Å²) in [5.74, 6) is 0.961. The predicted octanol–water partition coefficient (Wildman–Crippen LogP) is 14.4. The molecule has 9 rings (SSSR count). The van der Waals surface area contributed by atoms with Crippen LogP contribution in [0.15, 0.2) is 196 Å². The van der Waals surface area contributed by atoms with Gasteiger partial charge in [-0.15, -0.1) is 0 Å². The van der Waals surface area contributed by atoms with E-state index >= 15 is 0 Å². The molecule has 0 unspecified atom stereocenters. The number of hydrogen-bond donors (Lipinski definition) is 1. The Morgan fingerprint density at radius 3 is 2.15 bits per heavy atom. The summed E-state index contributed by atoms with van der Waals surface area (Å²) in [5.41, 5.74) is 23.2. The molecule has 0 amide bonds. The SMILES string of the molecule is C=CC(CN=C(N=C(N)c1ccc(-c2cccc3oc4ccc(-c5ccc6ccc(C)c(/C=C\C)c6c5)cc4c23)cc1)c1ccccc1)=C1/C(=C\C)C(C)(C)c2ccccc21. The number of fused-ring (bicyclic) bond motifs is 5. The number of nitrogens with two attached hydrogens (primary N) is 1. The average Bonchev–Trinajstić information content (AvgIpc) is 3.78. The van der Waals surface area contributed by atoms with E-state index in [9.17, 15) is 0 Å². The molecule has 1 aliphatic carbocycles. The lowest BCUT2D eigenvalue weighted by Crippen LogP contribution is -2.16. The maximum atomic E-state index is 6.82. The summed E-state index contributed by atoms with van der Waals surface area (Å²) in [6.45, 7) is 15.6. The van der Waals surface area contributed by atoms with Crippen LogP contribution in [0, 0.1) is 6.92 Å². The van der Waals surface area contributed by atoms with Crippen LogP contribution in [0.2, 0.25) is 0 Å². The molecule has 0 saturated carbocycles. The van der Waals surface area contributed by atoms with Crippen LogP contribution in [-0.4, -0.2) is 18.2 Å². The van der Waals surface area contributed by atoms with Crippen LogP contribution in [0.1, 0.15) is 61.1 Å². The molecule has 1 heterocycles. The zero-order chi connectivity index (χ0) is 42.3. The van der Waals surface area contributed by atoms with Crippen LogP contribution < -0.4 is 5.73 Å². The maximum Gasteiger partial charge on any atom is 0.157 e. The predicted molar refractivity (Wildman–Crippen MR) is 260 cm³/mol. The fraction of sp³-hybridized carbons (Fsp3) is 0.123. The molecule has 298 valence electrons. The first-order valence-corrected chi connectivity index (χ1v) is 21.0. The molecule has 0 bridgehead atoms. The molecule has 1 aromatic heterocycles. The summed E-state index contributed by atoms with van der Waals surface area (Å²) in [6, 6.07) is 50.9. The van der Waals surface area contributed by atoms with Gasteiger partial charge in [0.1, 0.15) is 17.0 Å². The van der Waals surface area contributed by atoms with Crippen molar-refractivity contribution in [3.8, 4) is 22.3 Å². The first-order valence-electron chi connectivity index (χ1n) is 21.0. The molecule has 4 heteroatoms. The summed E-state index contributed by atoms with van der Waals surface area (Å²) >= 11 is 0. The van der Waals surface area contributed by atoms with Gasteiger partial charge in [0.2, 0.25) is 0 Å². The highest BCUT2D eigenvalue weighted by atomic mass is 16.3. The summed E-state index contributed by atoms with van der Waals surface area (Å²) in [5, 5.41) is 4.64. The number of hydrogen-bond acceptors (Lipinski definition) is 2. The van der Waals surface area contributed by atoms with E-state index in [4.69, 9.17) is 20.1 Å². The second-order valence-corrected chi connectivity index (χ2v) is 16.3. The Bertz CT molecular complexity index is 3170. The van der Waals surface area contributed by atoms with Crippen LogP contribution in [0.5, 0.6) is 0 Å². The van der Waals surface area contributed by atoms with E-state index in [1.165, 1.54) is 49.7 Å². The number of rotatable bonds is 8. The van der Waals surface area contributed by atoms with Crippen molar-refractivity contribution in [1.82, 2.24) is 0 Å². The first kappa shape index (κ1) is 39.2. The second-order valence-electron chi connectivity index (χ2n) is 16.3. The molecule has 61 heavy (non-hydrogen) atoms. The van der Waals surface area contributed by atoms with E-state index in [-0.39, 0.29) is 5.41 Å². The molecule has 2 N–H and O–H groups in total. The number of aliphatic imine (C=N–C) groups is 2. The van der Waals surface area contributed by atoms with Crippen molar-refractivity contribution >= 4 is 56.0 Å². The van der Waals surface area contributed by atoms with Gasteiger partial charge in [0.15, 0.2) is 5.84 Å². The lowest BCUT2D eigenvalue weighted by atomic mass is 9.81. The standard InChI is InChI=1S/C57H49N3O/c1-7-16-44-36(4)23-24-39-27-30-42(33-47(39)44)43-31-32-51-48(34-43)54-45(20-15-22-52(54)61-51)38-25-28-40(29-26-38)55(58)60-56(41-17-11-10-12-18-41)59-35-37(8-2)53-46-19-13-14-21-50(46)57(5,6)49(53)9-3/h7-34H,2,35H2,1,3-6H3,(H2,58,59,60)/b16-7-,49-9+,53-37?. The molecule has 7 aromatic carbocycles. The minimum Gasteiger partial charge on any atom is -0.456 e. The van der Waals surface area contributed by atoms with Crippen LogP contribution in [-0.2, 0) is 5.41 Å². The maximum absolute atomic E-state index is 6.82. The van der Waals surface area contributed by atoms with Gasteiger partial charge in [-0.1, -0.05) is 166 Å². The molecule has 0 aliphatic heterocycles. The fourth-order valence-corrected chi connectivity index (χ4v) is 9.15. The monoisotopic (exact) mass is 791 g/mol. The first-order chi connectivity index (χ1) is 29.7. The molecule has 8 aromatic rings. The third-order valence-corrected chi connectivity index (χ3v) is 12.3. The molecule has 1 aliphatic rings. The molecular formula is C57H49N3O. The number of furan rings is 1. The number of aryl methyl sites for hydroxylation is 1. The minimum absolute atomic E-state index is 0.122. The Morgan fingerprint density at radius 2 is 1.39 bits per heavy atom. The van der Waals surface area contributed by atoms with Crippen molar-refractivity contribution in [3.63, 3.8) is 0 Å². The highest BCUT2D eigenvalue weighted by molar-refractivity contribution is 6.14. The Balaban J connectivity index is 1.07. The molecule has 0 atom stereocenters. The Labute approximate surface area is 358 Å². The molecule has 0 fully saturated rings. The van der Waals surface area contributed by atoms with Crippen LogP contribution in [0.4, 0.5) is 0 Å². The van der Waals surface area contributed by atoms with Gasteiger partial charge in [0, 0.05) is 27.3 Å². The third kappa shape index (κ3) is 7.04. The molecule has 0 saturated heterocycles. The summed E-state index contributed by atoms with van der Waals surface area (Å²) in [4.78, 5) is 10.1. The molecule has 0 radical (unpaired) electrons. The normalized spacial score (nSPS) is 15.7. The van der Waals surface area contributed by atoms with Crippen LogP contribution >= 0.6 is 0 Å². The topological polar surface area (TPSA) is 63.9 Å². The fourth-order valence-electron chi connectivity index (χ4n) is 9.15. The Hall–Kier alpha value is -7.30. The van der Waals surface area contributed by atoms with Crippen molar-refractivity contribution in [3.05, 3.63) is 215 Å². The number of allylic oxidation sites excluding steroid dienone is 4. The molecular weight excluding hydrogens is 743 g/mol. The number of nitrogens with zero attached hydrogens (tertiary/aromatic N) is 2. The van der Waals surface area contributed by atoms with E-state index in [2.05, 4.69) is 156 Å². The van der Waals surface area contributed by atoms with Gasteiger partial charge >= 0.3 is 0 Å². The van der Waals surface area contributed by atoms with E-state index in [0.29, 0.717) is 18.2 Å². The number of benzene rings is 7. The molecule has 0 spiro atoms. The lowest BCUT2D eigenvalue weighted by Gasteiger charge is -2.22. The smallest absolute Gasteiger partial charge is 0.157 e.